The first kappa shape index (κ1) is 22.4. The van der Waals surface area contributed by atoms with Crippen molar-refractivity contribution >= 4 is 49.3 Å². The van der Waals surface area contributed by atoms with E-state index in [1.165, 1.54) is 12.0 Å². The van der Waals surface area contributed by atoms with Crippen LogP contribution < -0.4 is 9.47 Å². The fraction of sp³-hybridized carbons (Fsp3) is 0.200. The van der Waals surface area contributed by atoms with E-state index >= 15 is 0 Å². The average molecular weight is 588 g/mol. The molecule has 1 aliphatic carbocycles. The molecule has 1 unspecified atom stereocenters. The van der Waals surface area contributed by atoms with Gasteiger partial charge < -0.3 is 14.0 Å². The van der Waals surface area contributed by atoms with Crippen molar-refractivity contribution in [2.24, 2.45) is 0 Å². The molecular formula is C25H20Br2N2O3S. The maximum absolute atomic E-state index is 6.45. The van der Waals surface area contributed by atoms with Gasteiger partial charge in [-0.25, -0.2) is 0 Å². The molecule has 0 radical (unpaired) electrons. The smallest absolute Gasteiger partial charge is 0.217 e. The van der Waals surface area contributed by atoms with E-state index in [1.54, 1.807) is 11.3 Å². The van der Waals surface area contributed by atoms with Crippen LogP contribution in [0.25, 0.3) is 6.08 Å². The number of nitrogens with zero attached hydrogens (tertiary/aromatic N) is 2. The number of rotatable bonds is 7. The first-order valence-electron chi connectivity index (χ1n) is 10.5. The van der Waals surface area contributed by atoms with Crippen LogP contribution in [0.5, 0.6) is 17.2 Å². The minimum Gasteiger partial charge on any atom is -0.476 e. The van der Waals surface area contributed by atoms with Crippen LogP contribution in [0, 0.1) is 0 Å². The van der Waals surface area contributed by atoms with E-state index < -0.39 is 6.10 Å². The summed E-state index contributed by atoms with van der Waals surface area (Å²) < 4.78 is 19.6. The molecule has 33 heavy (non-hydrogen) atoms. The van der Waals surface area contributed by atoms with E-state index in [4.69, 9.17) is 14.0 Å². The molecule has 4 aromatic rings. The van der Waals surface area contributed by atoms with E-state index in [-0.39, 0.29) is 5.92 Å². The van der Waals surface area contributed by atoms with Crippen LogP contribution in [0.4, 0.5) is 0 Å². The highest BCUT2D eigenvalue weighted by Gasteiger charge is 2.24. The average Bonchev–Trinajstić information content (AvgIpc) is 3.58. The van der Waals surface area contributed by atoms with Crippen LogP contribution >= 0.6 is 43.2 Å². The third-order valence-corrected chi connectivity index (χ3v) is 7.70. The van der Waals surface area contributed by atoms with Crippen molar-refractivity contribution < 1.29 is 14.0 Å². The zero-order valence-electron chi connectivity index (χ0n) is 17.9. The van der Waals surface area contributed by atoms with Gasteiger partial charge in [0, 0.05) is 5.56 Å². The maximum atomic E-state index is 6.45. The second kappa shape index (κ2) is 9.44. The van der Waals surface area contributed by atoms with Gasteiger partial charge in [-0.3, -0.25) is 0 Å². The minimum atomic E-state index is -0.445. The standard InChI is InChI=1S/C25H20Br2N2O3S/c1-14(2)18-12-16(31-23-19(26)11-15-5-3-6-17(15)22(23)27)8-9-20(18)32-24(21-7-4-10-33-21)25-28-13-30-29-25/h3-4,6-14,24H,5H2,1-2H3. The second-order valence-corrected chi connectivity index (χ2v) is 10.6. The lowest BCUT2D eigenvalue weighted by Crippen LogP contribution is -2.11. The van der Waals surface area contributed by atoms with Crippen molar-refractivity contribution in [2.45, 2.75) is 32.3 Å². The summed E-state index contributed by atoms with van der Waals surface area (Å²) in [4.78, 5) is 5.23. The Bertz CT molecular complexity index is 1270. The lowest BCUT2D eigenvalue weighted by atomic mass is 10.0. The molecule has 0 aliphatic heterocycles. The largest absolute Gasteiger partial charge is 0.476 e. The fourth-order valence-electron chi connectivity index (χ4n) is 3.78. The van der Waals surface area contributed by atoms with Gasteiger partial charge in [-0.1, -0.05) is 37.2 Å². The van der Waals surface area contributed by atoms with Crippen LogP contribution in [0.15, 0.2) is 67.7 Å². The van der Waals surface area contributed by atoms with Crippen LogP contribution in [0.2, 0.25) is 0 Å². The van der Waals surface area contributed by atoms with Gasteiger partial charge in [-0.05, 0) is 91.0 Å². The molecule has 168 valence electrons. The Labute approximate surface area is 212 Å². The van der Waals surface area contributed by atoms with E-state index in [2.05, 4.69) is 74.1 Å². The van der Waals surface area contributed by atoms with Crippen LogP contribution in [-0.4, -0.2) is 10.1 Å². The number of hydrogen-bond donors (Lipinski definition) is 0. The minimum absolute atomic E-state index is 0.215. The van der Waals surface area contributed by atoms with Gasteiger partial charge >= 0.3 is 0 Å². The number of ether oxygens (including phenoxy) is 2. The lowest BCUT2D eigenvalue weighted by molar-refractivity contribution is 0.231. The van der Waals surface area contributed by atoms with Crippen molar-refractivity contribution in [3.8, 4) is 17.2 Å². The third kappa shape index (κ3) is 4.52. The number of fused-ring (bicyclic) bond motifs is 1. The van der Waals surface area contributed by atoms with Crippen molar-refractivity contribution in [3.05, 3.63) is 90.6 Å². The van der Waals surface area contributed by atoms with Gasteiger partial charge in [0.2, 0.25) is 12.2 Å². The highest BCUT2D eigenvalue weighted by atomic mass is 79.9. The summed E-state index contributed by atoms with van der Waals surface area (Å²) in [5, 5.41) is 6.03. The van der Waals surface area contributed by atoms with E-state index in [0.717, 1.165) is 48.6 Å². The molecule has 0 saturated heterocycles. The molecular weight excluding hydrogens is 568 g/mol. The van der Waals surface area contributed by atoms with E-state index in [1.807, 2.05) is 35.7 Å². The molecule has 1 atom stereocenters. The normalized spacial score (nSPS) is 13.4. The zero-order valence-corrected chi connectivity index (χ0v) is 21.9. The Morgan fingerprint density at radius 1 is 1.15 bits per heavy atom. The number of allylic oxidation sites excluding steroid dienone is 1. The van der Waals surface area contributed by atoms with Crippen molar-refractivity contribution in [3.63, 3.8) is 0 Å². The summed E-state index contributed by atoms with van der Waals surface area (Å²) in [7, 11) is 0. The molecule has 5 nitrogen and oxygen atoms in total. The second-order valence-electron chi connectivity index (χ2n) is 7.94. The van der Waals surface area contributed by atoms with Gasteiger partial charge in [0.1, 0.15) is 11.5 Å². The quantitative estimate of drug-likeness (QED) is 0.217. The Hall–Kier alpha value is -2.42. The summed E-state index contributed by atoms with van der Waals surface area (Å²) in [5.74, 6) is 2.96. The summed E-state index contributed by atoms with van der Waals surface area (Å²) >= 11 is 8.99. The summed E-state index contributed by atoms with van der Waals surface area (Å²) in [6.45, 7) is 4.26. The Balaban J connectivity index is 1.48. The van der Waals surface area contributed by atoms with Gasteiger partial charge in [-0.2, -0.15) is 4.98 Å². The monoisotopic (exact) mass is 586 g/mol. The molecule has 0 bridgehead atoms. The molecule has 0 spiro atoms. The lowest BCUT2D eigenvalue weighted by Gasteiger charge is -2.20. The van der Waals surface area contributed by atoms with Gasteiger partial charge in [0.25, 0.3) is 0 Å². The first-order chi connectivity index (χ1) is 16.0. The summed E-state index contributed by atoms with van der Waals surface area (Å²) in [6, 6.07) is 12.0. The highest BCUT2D eigenvalue weighted by molar-refractivity contribution is 9.11. The van der Waals surface area contributed by atoms with Crippen molar-refractivity contribution in [2.75, 3.05) is 0 Å². The number of benzene rings is 2. The van der Waals surface area contributed by atoms with Gasteiger partial charge in [0.05, 0.1) is 13.8 Å². The molecule has 0 fully saturated rings. The zero-order chi connectivity index (χ0) is 22.9. The Morgan fingerprint density at radius 2 is 2.03 bits per heavy atom. The van der Waals surface area contributed by atoms with Crippen LogP contribution in [0.3, 0.4) is 0 Å². The number of halogens is 2. The van der Waals surface area contributed by atoms with Gasteiger partial charge in [0.15, 0.2) is 11.9 Å². The molecule has 2 heterocycles. The van der Waals surface area contributed by atoms with Crippen molar-refractivity contribution in [1.29, 1.82) is 0 Å². The highest BCUT2D eigenvalue weighted by Crippen LogP contribution is 2.44. The van der Waals surface area contributed by atoms with Crippen LogP contribution in [-0.2, 0) is 6.42 Å². The summed E-state index contributed by atoms with van der Waals surface area (Å²) in [6.07, 6.45) is 6.09. The molecule has 5 rings (SSSR count). The number of aromatic nitrogens is 2. The van der Waals surface area contributed by atoms with Gasteiger partial charge in [-0.15, -0.1) is 11.3 Å². The van der Waals surface area contributed by atoms with E-state index in [0.29, 0.717) is 5.82 Å². The topological polar surface area (TPSA) is 57.4 Å². The van der Waals surface area contributed by atoms with E-state index in [9.17, 15) is 0 Å². The molecule has 1 aliphatic rings. The fourth-order valence-corrected chi connectivity index (χ4v) is 6.03. The predicted octanol–water partition coefficient (Wildman–Crippen LogP) is 8.31. The Kier molecular flexibility index (Phi) is 6.40. The SMILES string of the molecule is CC(C)c1cc(Oc2c(Br)cc3c(c2Br)C=CC3)ccc1OC(c1ncon1)c1cccs1. The third-order valence-electron chi connectivity index (χ3n) is 5.40. The van der Waals surface area contributed by atoms with Crippen molar-refractivity contribution in [1.82, 2.24) is 10.1 Å². The number of thiophene rings is 1. The van der Waals surface area contributed by atoms with Crippen LogP contribution in [0.1, 0.15) is 53.3 Å². The molecule has 0 saturated carbocycles. The molecule has 2 aromatic carbocycles. The summed E-state index contributed by atoms with van der Waals surface area (Å²) in [5.41, 5.74) is 3.47. The molecule has 0 N–H and O–H groups in total. The predicted molar refractivity (Wildman–Crippen MR) is 136 cm³/mol. The molecule has 2 aromatic heterocycles. The maximum Gasteiger partial charge on any atom is 0.217 e. The Morgan fingerprint density at radius 3 is 2.76 bits per heavy atom. The molecule has 0 amide bonds. The molecule has 8 heteroatoms. The first-order valence-corrected chi connectivity index (χ1v) is 12.9. The number of hydrogen-bond acceptors (Lipinski definition) is 6.